The Morgan fingerprint density at radius 3 is 1.42 bits per heavy atom. The molecule has 0 saturated heterocycles. The molecule has 53 heavy (non-hydrogen) atoms. The highest BCUT2D eigenvalue weighted by Gasteiger charge is 2.17. The smallest absolute Gasteiger partial charge is 0.164 e. The second-order valence-corrected chi connectivity index (χ2v) is 14.4. The lowest BCUT2D eigenvalue weighted by Crippen LogP contribution is -2.00. The Morgan fingerprint density at radius 1 is 0.302 bits per heavy atom. The first-order valence-corrected chi connectivity index (χ1v) is 18.5. The summed E-state index contributed by atoms with van der Waals surface area (Å²) < 4.78 is 2.48. The van der Waals surface area contributed by atoms with Gasteiger partial charge in [-0.3, -0.25) is 0 Å². The number of hydrogen-bond acceptors (Lipinski definition) is 5. The number of aromatic nitrogens is 4. The summed E-state index contributed by atoms with van der Waals surface area (Å²) in [6, 6.07) is 59.7. The molecule has 11 aromatic rings. The van der Waals surface area contributed by atoms with E-state index in [1.54, 1.807) is 0 Å². The molecule has 0 amide bonds. The number of hydrogen-bond donors (Lipinski definition) is 0. The summed E-state index contributed by atoms with van der Waals surface area (Å²) in [4.78, 5) is 20.5. The molecule has 8 aromatic carbocycles. The predicted octanol–water partition coefficient (Wildman–Crippen LogP) is 12.9. The number of rotatable bonds is 4. The Labute approximate surface area is 308 Å². The Balaban J connectivity index is 1.07. The zero-order valence-corrected chi connectivity index (χ0v) is 29.2. The van der Waals surface area contributed by atoms with E-state index in [1.807, 2.05) is 41.7 Å². The minimum Gasteiger partial charge on any atom is -0.246 e. The van der Waals surface area contributed by atoms with Crippen LogP contribution < -0.4 is 0 Å². The Kier molecular flexibility index (Phi) is 6.69. The molecule has 246 valence electrons. The molecule has 11 rings (SSSR count). The van der Waals surface area contributed by atoms with Crippen molar-refractivity contribution in [2.75, 3.05) is 0 Å². The van der Waals surface area contributed by atoms with Gasteiger partial charge in [-0.05, 0) is 44.5 Å². The summed E-state index contributed by atoms with van der Waals surface area (Å²) in [5, 5.41) is 10.9. The van der Waals surface area contributed by atoms with Crippen LogP contribution in [0.5, 0.6) is 0 Å². The van der Waals surface area contributed by atoms with Gasteiger partial charge in [0.25, 0.3) is 0 Å². The van der Waals surface area contributed by atoms with Crippen LogP contribution in [0.15, 0.2) is 170 Å². The number of pyridine rings is 1. The van der Waals surface area contributed by atoms with E-state index in [2.05, 4.69) is 140 Å². The van der Waals surface area contributed by atoms with Gasteiger partial charge in [0.05, 0.1) is 15.9 Å². The zero-order valence-electron chi connectivity index (χ0n) is 28.4. The minimum absolute atomic E-state index is 0.626. The van der Waals surface area contributed by atoms with Crippen molar-refractivity contribution in [3.63, 3.8) is 0 Å². The molecule has 0 saturated carbocycles. The van der Waals surface area contributed by atoms with Crippen LogP contribution in [0.3, 0.4) is 0 Å². The molecule has 4 nitrogen and oxygen atoms in total. The summed E-state index contributed by atoms with van der Waals surface area (Å²) >= 11 is 1.81. The monoisotopic (exact) mass is 692 g/mol. The van der Waals surface area contributed by atoms with E-state index in [1.165, 1.54) is 52.5 Å². The maximum absolute atomic E-state index is 5.31. The molecule has 3 aromatic heterocycles. The summed E-state index contributed by atoms with van der Waals surface area (Å²) in [5.41, 5.74) is 5.88. The number of fused-ring (bicyclic) bond motifs is 11. The van der Waals surface area contributed by atoms with Gasteiger partial charge in [-0.2, -0.15) is 0 Å². The van der Waals surface area contributed by atoms with Crippen LogP contribution in [-0.2, 0) is 0 Å². The number of thiophene rings is 1. The summed E-state index contributed by atoms with van der Waals surface area (Å²) in [5.74, 6) is 1.90. The standard InChI is InChI=1S/C48H28N4S/c1-2-12-30(13-3-1)46-50-47(52-48(51-46)32-26-27-37-35-16-5-4-14-33(35)34-15-6-7-17-36(34)41(37)28-32)31-24-22-29(23-25-31)43-38-18-8-9-19-39(38)45-44(49-43)40-20-10-11-21-42(40)53-45/h1-28H. The molecule has 0 aliphatic heterocycles. The lowest BCUT2D eigenvalue weighted by molar-refractivity contribution is 1.07. The molecular formula is C48H28N4S. The number of benzene rings is 8. The van der Waals surface area contributed by atoms with Crippen LogP contribution in [0.25, 0.3) is 109 Å². The average molecular weight is 693 g/mol. The highest BCUT2D eigenvalue weighted by Crippen LogP contribution is 2.41. The fraction of sp³-hybridized carbons (Fsp3) is 0. The Bertz CT molecular complexity index is 3190. The second-order valence-electron chi connectivity index (χ2n) is 13.4. The molecule has 0 unspecified atom stereocenters. The van der Waals surface area contributed by atoms with Crippen molar-refractivity contribution in [1.82, 2.24) is 19.9 Å². The first-order chi connectivity index (χ1) is 26.3. The third-order valence-corrected chi connectivity index (χ3v) is 11.5. The van der Waals surface area contributed by atoms with Crippen LogP contribution in [0.2, 0.25) is 0 Å². The first-order valence-electron chi connectivity index (χ1n) is 17.7. The topological polar surface area (TPSA) is 51.6 Å². The van der Waals surface area contributed by atoms with E-state index in [0.29, 0.717) is 17.5 Å². The van der Waals surface area contributed by atoms with Gasteiger partial charge in [0.15, 0.2) is 17.5 Å². The maximum Gasteiger partial charge on any atom is 0.164 e. The summed E-state index contributed by atoms with van der Waals surface area (Å²) in [7, 11) is 0. The quantitative estimate of drug-likeness (QED) is 0.172. The summed E-state index contributed by atoms with van der Waals surface area (Å²) in [6.45, 7) is 0. The summed E-state index contributed by atoms with van der Waals surface area (Å²) in [6.07, 6.45) is 0. The van der Waals surface area contributed by atoms with E-state index in [-0.39, 0.29) is 0 Å². The molecule has 0 bridgehead atoms. The van der Waals surface area contributed by atoms with Crippen LogP contribution in [0, 0.1) is 0 Å². The molecule has 0 aliphatic carbocycles. The van der Waals surface area contributed by atoms with Gasteiger partial charge >= 0.3 is 0 Å². The SMILES string of the molecule is c1ccc(-c2nc(-c3ccc(-c4nc5c6ccccc6sc5c5ccccc45)cc3)nc(-c3ccc4c5ccccc5c5ccccc5c4c3)n2)cc1. The third kappa shape index (κ3) is 4.82. The minimum atomic E-state index is 0.626. The van der Waals surface area contributed by atoms with Crippen molar-refractivity contribution in [1.29, 1.82) is 0 Å². The van der Waals surface area contributed by atoms with Gasteiger partial charge in [-0.25, -0.2) is 19.9 Å². The van der Waals surface area contributed by atoms with Gasteiger partial charge in [0.1, 0.15) is 0 Å². The van der Waals surface area contributed by atoms with Crippen molar-refractivity contribution in [2.24, 2.45) is 0 Å². The van der Waals surface area contributed by atoms with Crippen LogP contribution in [-0.4, -0.2) is 19.9 Å². The van der Waals surface area contributed by atoms with E-state index in [0.717, 1.165) is 38.9 Å². The van der Waals surface area contributed by atoms with E-state index < -0.39 is 0 Å². The van der Waals surface area contributed by atoms with Crippen molar-refractivity contribution >= 4 is 74.7 Å². The van der Waals surface area contributed by atoms with Gasteiger partial charge in [-0.1, -0.05) is 158 Å². The molecule has 0 radical (unpaired) electrons. The van der Waals surface area contributed by atoms with Gasteiger partial charge in [-0.15, -0.1) is 11.3 Å². The van der Waals surface area contributed by atoms with Crippen molar-refractivity contribution < 1.29 is 0 Å². The van der Waals surface area contributed by atoms with Crippen LogP contribution in [0.4, 0.5) is 0 Å². The van der Waals surface area contributed by atoms with E-state index >= 15 is 0 Å². The fourth-order valence-corrected chi connectivity index (χ4v) is 8.96. The van der Waals surface area contributed by atoms with Gasteiger partial charge in [0, 0.05) is 43.1 Å². The molecule has 0 N–H and O–H groups in total. The number of nitrogens with zero attached hydrogens (tertiary/aromatic N) is 4. The molecular weight excluding hydrogens is 665 g/mol. The van der Waals surface area contributed by atoms with Crippen LogP contribution in [0.1, 0.15) is 0 Å². The molecule has 0 aliphatic rings. The molecule has 0 atom stereocenters. The lowest BCUT2D eigenvalue weighted by atomic mass is 9.93. The zero-order chi connectivity index (χ0) is 34.9. The van der Waals surface area contributed by atoms with E-state index in [9.17, 15) is 0 Å². The highest BCUT2D eigenvalue weighted by molar-refractivity contribution is 7.26. The molecule has 3 heterocycles. The van der Waals surface area contributed by atoms with Gasteiger partial charge < -0.3 is 0 Å². The largest absolute Gasteiger partial charge is 0.246 e. The average Bonchev–Trinajstić information content (AvgIpc) is 3.62. The van der Waals surface area contributed by atoms with Crippen molar-refractivity contribution in [3.05, 3.63) is 170 Å². The fourth-order valence-electron chi connectivity index (χ4n) is 7.78. The first kappa shape index (κ1) is 29.9. The molecule has 0 fully saturated rings. The lowest BCUT2D eigenvalue weighted by Gasteiger charge is -2.13. The van der Waals surface area contributed by atoms with Crippen molar-refractivity contribution in [3.8, 4) is 45.4 Å². The Morgan fingerprint density at radius 2 is 0.755 bits per heavy atom. The van der Waals surface area contributed by atoms with E-state index in [4.69, 9.17) is 19.9 Å². The predicted molar refractivity (Wildman–Crippen MR) is 222 cm³/mol. The van der Waals surface area contributed by atoms with Gasteiger partial charge in [0.2, 0.25) is 0 Å². The molecule has 5 heteroatoms. The second kappa shape index (κ2) is 11.9. The normalized spacial score (nSPS) is 11.8. The Hall–Kier alpha value is -6.82. The maximum atomic E-state index is 5.31. The highest BCUT2D eigenvalue weighted by atomic mass is 32.1. The molecule has 0 spiro atoms. The van der Waals surface area contributed by atoms with Crippen LogP contribution >= 0.6 is 11.3 Å². The third-order valence-electron chi connectivity index (χ3n) is 10.3. The van der Waals surface area contributed by atoms with Crippen molar-refractivity contribution in [2.45, 2.75) is 0 Å².